The molecule has 3 N–H and O–H groups in total. The molecule has 2 atom stereocenters. The minimum Gasteiger partial charge on any atom is -0.467 e. The third-order valence-electron chi connectivity index (χ3n) is 4.27. The number of rotatable bonds is 10. The molecule has 2 unspecified atom stereocenters. The number of nitrogens with one attached hydrogen (secondary N) is 3. The molecule has 2 rings (SSSR count). The number of aromatic amines is 1. The third-order valence-corrected chi connectivity index (χ3v) is 4.91. The molecule has 0 spiro atoms. The molecule has 0 aliphatic heterocycles. The van der Waals surface area contributed by atoms with Gasteiger partial charge in [0.2, 0.25) is 0 Å². The van der Waals surface area contributed by atoms with E-state index in [0.29, 0.717) is 18.4 Å². The van der Waals surface area contributed by atoms with Crippen LogP contribution in [0.5, 0.6) is 0 Å². The van der Waals surface area contributed by atoms with Crippen molar-refractivity contribution < 1.29 is 14.3 Å². The summed E-state index contributed by atoms with van der Waals surface area (Å²) >= 11 is 1.62. The highest BCUT2D eigenvalue weighted by atomic mass is 32.2. The molecule has 7 nitrogen and oxygen atoms in total. The number of hydrogen-bond acceptors (Lipinski definition) is 6. The topological polar surface area (TPSA) is 96.1 Å². The maximum Gasteiger partial charge on any atom is 0.328 e. The minimum absolute atomic E-state index is 0.0222. The number of benzene rings is 1. The van der Waals surface area contributed by atoms with E-state index >= 15 is 0 Å². The van der Waals surface area contributed by atoms with Gasteiger partial charge >= 0.3 is 5.97 Å². The number of aromatic nitrogens is 2. The van der Waals surface area contributed by atoms with Gasteiger partial charge in [0.25, 0.3) is 5.91 Å². The fourth-order valence-electron chi connectivity index (χ4n) is 2.76. The third kappa shape index (κ3) is 6.11. The minimum atomic E-state index is -0.650. The average molecular weight is 391 g/mol. The van der Waals surface area contributed by atoms with Gasteiger partial charge in [-0.3, -0.25) is 4.79 Å². The van der Waals surface area contributed by atoms with E-state index in [9.17, 15) is 9.59 Å². The fourth-order valence-corrected chi connectivity index (χ4v) is 3.23. The highest BCUT2D eigenvalue weighted by molar-refractivity contribution is 7.98. The van der Waals surface area contributed by atoms with Crippen molar-refractivity contribution >= 4 is 23.6 Å². The van der Waals surface area contributed by atoms with Crippen LogP contribution in [0.2, 0.25) is 0 Å². The first-order valence-electron chi connectivity index (χ1n) is 8.71. The molecule has 0 saturated carbocycles. The van der Waals surface area contributed by atoms with E-state index in [1.54, 1.807) is 24.2 Å². The van der Waals surface area contributed by atoms with Crippen LogP contribution in [0.3, 0.4) is 0 Å². The summed E-state index contributed by atoms with van der Waals surface area (Å²) in [7, 11) is 3.20. The number of methoxy groups -OCH3 is 1. The van der Waals surface area contributed by atoms with Gasteiger partial charge in [-0.05, 0) is 43.2 Å². The summed E-state index contributed by atoms with van der Waals surface area (Å²) in [6, 6.07) is 6.76. The second-order valence-corrected chi connectivity index (χ2v) is 7.05. The highest BCUT2D eigenvalue weighted by Gasteiger charge is 2.22. The maximum absolute atomic E-state index is 12.7. The Morgan fingerprint density at radius 2 is 2.19 bits per heavy atom. The monoisotopic (exact) mass is 390 g/mol. The summed E-state index contributed by atoms with van der Waals surface area (Å²) in [5, 5.41) is 6.04. The molecule has 146 valence electrons. The molecule has 0 aliphatic rings. The number of nitrogens with zero attached hydrogens (tertiary/aromatic N) is 1. The molecule has 1 amide bonds. The Morgan fingerprint density at radius 3 is 2.81 bits per heavy atom. The molecule has 0 aliphatic carbocycles. The van der Waals surface area contributed by atoms with Crippen LogP contribution in [0.4, 0.5) is 0 Å². The van der Waals surface area contributed by atoms with Gasteiger partial charge < -0.3 is 20.4 Å². The molecule has 27 heavy (non-hydrogen) atoms. The Bertz CT molecular complexity index is 736. The van der Waals surface area contributed by atoms with E-state index in [-0.39, 0.29) is 11.9 Å². The largest absolute Gasteiger partial charge is 0.467 e. The second kappa shape index (κ2) is 10.7. The predicted molar refractivity (Wildman–Crippen MR) is 107 cm³/mol. The number of esters is 1. The van der Waals surface area contributed by atoms with Gasteiger partial charge in [-0.2, -0.15) is 11.8 Å². The molecule has 1 aromatic heterocycles. The van der Waals surface area contributed by atoms with Crippen LogP contribution in [-0.2, 0) is 16.0 Å². The van der Waals surface area contributed by atoms with Crippen LogP contribution >= 0.6 is 11.8 Å². The second-order valence-electron chi connectivity index (χ2n) is 6.06. The zero-order valence-corrected chi connectivity index (χ0v) is 16.6. The SMILES string of the molecule is CNC(Cc1c[nH]cn1)c1cccc(C(=O)NC(CCSC)C(=O)OC)c1. The Balaban J connectivity index is 2.12. The zero-order valence-electron chi connectivity index (χ0n) is 15.8. The number of H-pyrrole nitrogens is 1. The number of hydrogen-bond donors (Lipinski definition) is 3. The molecule has 0 fully saturated rings. The van der Waals surface area contributed by atoms with Crippen molar-refractivity contribution in [1.82, 2.24) is 20.6 Å². The van der Waals surface area contributed by atoms with Gasteiger partial charge in [-0.1, -0.05) is 12.1 Å². The van der Waals surface area contributed by atoms with Crippen molar-refractivity contribution in [3.05, 3.63) is 53.6 Å². The first-order chi connectivity index (χ1) is 13.1. The number of likely N-dealkylation sites (N-methyl/N-ethyl adjacent to an activating group) is 1. The Labute approximate surface area is 163 Å². The lowest BCUT2D eigenvalue weighted by atomic mass is 10.00. The normalized spacial score (nSPS) is 13.0. The van der Waals surface area contributed by atoms with Crippen molar-refractivity contribution in [3.8, 4) is 0 Å². The highest BCUT2D eigenvalue weighted by Crippen LogP contribution is 2.18. The van der Waals surface area contributed by atoms with E-state index in [1.165, 1.54) is 7.11 Å². The first kappa shape index (κ1) is 21.0. The molecule has 0 radical (unpaired) electrons. The van der Waals surface area contributed by atoms with Crippen molar-refractivity contribution in [2.75, 3.05) is 26.2 Å². The summed E-state index contributed by atoms with van der Waals surface area (Å²) in [5.41, 5.74) is 2.42. The molecule has 1 heterocycles. The van der Waals surface area contributed by atoms with E-state index < -0.39 is 12.0 Å². The predicted octanol–water partition coefficient (Wildman–Crippen LogP) is 1.94. The fraction of sp³-hybridized carbons (Fsp3) is 0.421. The van der Waals surface area contributed by atoms with E-state index in [1.807, 2.05) is 37.7 Å². The Morgan fingerprint density at radius 1 is 1.37 bits per heavy atom. The lowest BCUT2D eigenvalue weighted by molar-refractivity contribution is -0.142. The molecular formula is C19H26N4O3S. The van der Waals surface area contributed by atoms with Crippen molar-refractivity contribution in [2.24, 2.45) is 0 Å². The van der Waals surface area contributed by atoms with Crippen LogP contribution in [0, 0.1) is 0 Å². The standard InChI is InChI=1S/C19H26N4O3S/c1-20-17(10-15-11-21-12-22-15)13-5-4-6-14(9-13)18(24)23-16(7-8-27-3)19(25)26-2/h4-6,9,11-12,16-17,20H,7-8,10H2,1-3H3,(H,21,22)(H,23,24). The number of carbonyl (C=O) groups excluding carboxylic acids is 2. The summed E-state index contributed by atoms with van der Waals surface area (Å²) in [6.07, 6.45) is 6.68. The molecule has 0 saturated heterocycles. The average Bonchev–Trinajstić information content (AvgIpc) is 3.21. The smallest absolute Gasteiger partial charge is 0.328 e. The summed E-state index contributed by atoms with van der Waals surface area (Å²) in [6.45, 7) is 0. The maximum atomic E-state index is 12.7. The molecule has 2 aromatic rings. The van der Waals surface area contributed by atoms with Crippen LogP contribution < -0.4 is 10.6 Å². The lowest BCUT2D eigenvalue weighted by Gasteiger charge is -2.18. The van der Waals surface area contributed by atoms with Crippen LogP contribution in [0.1, 0.15) is 34.1 Å². The van der Waals surface area contributed by atoms with Crippen LogP contribution in [-0.4, -0.2) is 54.1 Å². The van der Waals surface area contributed by atoms with Crippen molar-refractivity contribution in [1.29, 1.82) is 0 Å². The number of thioether (sulfide) groups is 1. The Hall–Kier alpha value is -2.32. The number of ether oxygens (including phenoxy) is 1. The van der Waals surface area contributed by atoms with Gasteiger partial charge in [0, 0.05) is 24.2 Å². The first-order valence-corrected chi connectivity index (χ1v) is 10.1. The van der Waals surface area contributed by atoms with Gasteiger partial charge in [-0.25, -0.2) is 9.78 Å². The zero-order chi connectivity index (χ0) is 19.6. The number of imidazole rings is 1. The van der Waals surface area contributed by atoms with Gasteiger partial charge in [-0.15, -0.1) is 0 Å². The summed E-state index contributed by atoms with van der Waals surface area (Å²) in [4.78, 5) is 31.8. The lowest BCUT2D eigenvalue weighted by Crippen LogP contribution is -2.42. The van der Waals surface area contributed by atoms with Crippen LogP contribution in [0.15, 0.2) is 36.8 Å². The quantitative estimate of drug-likeness (QED) is 0.537. The molecular weight excluding hydrogens is 364 g/mol. The van der Waals surface area contributed by atoms with E-state index in [4.69, 9.17) is 4.74 Å². The van der Waals surface area contributed by atoms with Crippen LogP contribution in [0.25, 0.3) is 0 Å². The number of amides is 1. The van der Waals surface area contributed by atoms with Gasteiger partial charge in [0.15, 0.2) is 0 Å². The number of carbonyl (C=O) groups is 2. The summed E-state index contributed by atoms with van der Waals surface area (Å²) < 4.78 is 4.80. The van der Waals surface area contributed by atoms with E-state index in [2.05, 4.69) is 20.6 Å². The molecule has 0 bridgehead atoms. The van der Waals surface area contributed by atoms with Crippen molar-refractivity contribution in [3.63, 3.8) is 0 Å². The van der Waals surface area contributed by atoms with Gasteiger partial charge in [0.1, 0.15) is 6.04 Å². The molecule has 1 aromatic carbocycles. The summed E-state index contributed by atoms with van der Waals surface area (Å²) in [5.74, 6) is 0.0362. The van der Waals surface area contributed by atoms with Crippen molar-refractivity contribution in [2.45, 2.75) is 24.9 Å². The Kier molecular flexibility index (Phi) is 8.35. The van der Waals surface area contributed by atoms with E-state index in [0.717, 1.165) is 17.0 Å². The van der Waals surface area contributed by atoms with Gasteiger partial charge in [0.05, 0.1) is 19.1 Å². The molecule has 8 heteroatoms.